The maximum absolute atomic E-state index is 12.0. The van der Waals surface area contributed by atoms with E-state index in [1.165, 1.54) is 4.90 Å². The molecule has 1 amide bonds. The zero-order valence-electron chi connectivity index (χ0n) is 11.7. The average molecular weight is 261 g/mol. The Labute approximate surface area is 108 Å². The molecule has 0 aromatic heterocycles. The first kappa shape index (κ1) is 15.4. The zero-order valence-corrected chi connectivity index (χ0v) is 11.7. The van der Waals surface area contributed by atoms with Crippen molar-refractivity contribution < 1.29 is 24.1 Å². The van der Waals surface area contributed by atoms with Crippen molar-refractivity contribution in [2.24, 2.45) is 0 Å². The van der Waals surface area contributed by atoms with Gasteiger partial charge in [-0.1, -0.05) is 0 Å². The molecule has 0 saturated carbocycles. The van der Waals surface area contributed by atoms with Crippen LogP contribution in [-0.4, -0.2) is 67.8 Å². The second-order valence-electron chi connectivity index (χ2n) is 5.10. The van der Waals surface area contributed by atoms with E-state index in [0.717, 1.165) is 0 Å². The van der Waals surface area contributed by atoms with E-state index in [9.17, 15) is 9.90 Å². The summed E-state index contributed by atoms with van der Waals surface area (Å²) in [6, 6.07) is 0. The molecule has 0 aromatic carbocycles. The van der Waals surface area contributed by atoms with E-state index in [4.69, 9.17) is 14.2 Å². The second kappa shape index (κ2) is 5.97. The number of carbonyl (C=O) groups is 1. The van der Waals surface area contributed by atoms with Gasteiger partial charge in [-0.05, 0) is 20.3 Å². The number of ether oxygens (including phenoxy) is 3. The van der Waals surface area contributed by atoms with E-state index in [0.29, 0.717) is 13.0 Å². The standard InChI is InChI=1S/C12H23NO5/c1-12(2)17-9(8(14)6-7-16-5)10(18-12)11(15)13(3)4/h8-10,14H,6-7H2,1-5H3/t8?,9-,10+/m0/s1. The van der Waals surface area contributed by atoms with Crippen LogP contribution in [0.15, 0.2) is 0 Å². The molecule has 1 saturated heterocycles. The summed E-state index contributed by atoms with van der Waals surface area (Å²) in [6.45, 7) is 3.86. The number of aliphatic hydroxyl groups is 1. The van der Waals surface area contributed by atoms with Gasteiger partial charge in [0.25, 0.3) is 5.91 Å². The molecule has 1 aliphatic rings. The number of rotatable bonds is 5. The highest BCUT2D eigenvalue weighted by Gasteiger charge is 2.48. The van der Waals surface area contributed by atoms with Crippen molar-refractivity contribution in [3.05, 3.63) is 0 Å². The molecular weight excluding hydrogens is 238 g/mol. The molecule has 1 aliphatic heterocycles. The molecule has 0 spiro atoms. The Morgan fingerprint density at radius 1 is 1.44 bits per heavy atom. The van der Waals surface area contributed by atoms with Crippen LogP contribution in [0, 0.1) is 0 Å². The van der Waals surface area contributed by atoms with Gasteiger partial charge in [-0.2, -0.15) is 0 Å². The van der Waals surface area contributed by atoms with Gasteiger partial charge in [0.15, 0.2) is 11.9 Å². The SMILES string of the molecule is COCCC(O)[C@@H]1OC(C)(C)O[C@H]1C(=O)N(C)C. The van der Waals surface area contributed by atoms with Gasteiger partial charge in [0, 0.05) is 27.8 Å². The molecule has 1 rings (SSSR count). The topological polar surface area (TPSA) is 68.2 Å². The van der Waals surface area contributed by atoms with Crippen LogP contribution < -0.4 is 0 Å². The predicted molar refractivity (Wildman–Crippen MR) is 65.0 cm³/mol. The van der Waals surface area contributed by atoms with Gasteiger partial charge >= 0.3 is 0 Å². The number of carbonyl (C=O) groups excluding carboxylic acids is 1. The van der Waals surface area contributed by atoms with E-state index < -0.39 is 24.1 Å². The van der Waals surface area contributed by atoms with E-state index in [1.54, 1.807) is 35.1 Å². The Morgan fingerprint density at radius 2 is 2.06 bits per heavy atom. The fraction of sp³-hybridized carbons (Fsp3) is 0.917. The Balaban J connectivity index is 2.76. The number of hydrogen-bond acceptors (Lipinski definition) is 5. The molecule has 3 atom stereocenters. The summed E-state index contributed by atoms with van der Waals surface area (Å²) >= 11 is 0. The highest BCUT2D eigenvalue weighted by Crippen LogP contribution is 2.31. The van der Waals surface area contributed by atoms with Gasteiger partial charge in [0.2, 0.25) is 0 Å². The van der Waals surface area contributed by atoms with Crippen LogP contribution in [-0.2, 0) is 19.0 Å². The molecular formula is C12H23NO5. The van der Waals surface area contributed by atoms with Gasteiger partial charge < -0.3 is 24.2 Å². The summed E-state index contributed by atoms with van der Waals surface area (Å²) in [7, 11) is 4.86. The molecule has 1 heterocycles. The first-order chi connectivity index (χ1) is 8.28. The van der Waals surface area contributed by atoms with Crippen molar-refractivity contribution >= 4 is 5.91 Å². The van der Waals surface area contributed by atoms with E-state index in [1.807, 2.05) is 0 Å². The molecule has 1 unspecified atom stereocenters. The average Bonchev–Trinajstić information content (AvgIpc) is 2.61. The van der Waals surface area contributed by atoms with Crippen LogP contribution in [0.4, 0.5) is 0 Å². The summed E-state index contributed by atoms with van der Waals surface area (Å²) in [5.74, 6) is -1.07. The molecule has 106 valence electrons. The lowest BCUT2D eigenvalue weighted by Gasteiger charge is -2.23. The van der Waals surface area contributed by atoms with Gasteiger partial charge in [-0.3, -0.25) is 4.79 Å². The summed E-state index contributed by atoms with van der Waals surface area (Å²) in [4.78, 5) is 13.4. The largest absolute Gasteiger partial charge is 0.390 e. The minimum atomic E-state index is -0.866. The van der Waals surface area contributed by atoms with Crippen LogP contribution in [0.5, 0.6) is 0 Å². The minimum absolute atomic E-state index is 0.206. The Morgan fingerprint density at radius 3 is 2.56 bits per heavy atom. The van der Waals surface area contributed by atoms with Crippen molar-refractivity contribution in [1.29, 1.82) is 0 Å². The van der Waals surface area contributed by atoms with Crippen LogP contribution in [0.1, 0.15) is 20.3 Å². The van der Waals surface area contributed by atoms with E-state index in [-0.39, 0.29) is 5.91 Å². The highest BCUT2D eigenvalue weighted by molar-refractivity contribution is 5.81. The Bertz CT molecular complexity index is 292. The molecule has 1 fully saturated rings. The fourth-order valence-electron chi connectivity index (χ4n) is 1.92. The van der Waals surface area contributed by atoms with Crippen molar-refractivity contribution in [1.82, 2.24) is 4.90 Å². The second-order valence-corrected chi connectivity index (χ2v) is 5.10. The fourth-order valence-corrected chi connectivity index (χ4v) is 1.92. The van der Waals surface area contributed by atoms with Crippen molar-refractivity contribution in [3.8, 4) is 0 Å². The molecule has 0 aromatic rings. The molecule has 18 heavy (non-hydrogen) atoms. The molecule has 0 bridgehead atoms. The van der Waals surface area contributed by atoms with Gasteiger partial charge in [0.1, 0.15) is 6.10 Å². The molecule has 0 radical (unpaired) electrons. The Kier molecular flexibility index (Phi) is 5.10. The van der Waals surface area contributed by atoms with Gasteiger partial charge in [-0.25, -0.2) is 0 Å². The minimum Gasteiger partial charge on any atom is -0.390 e. The summed E-state index contributed by atoms with van der Waals surface area (Å²) < 4.78 is 16.1. The third-order valence-corrected chi connectivity index (χ3v) is 2.81. The van der Waals surface area contributed by atoms with Crippen molar-refractivity contribution in [3.63, 3.8) is 0 Å². The lowest BCUT2D eigenvalue weighted by molar-refractivity contribution is -0.163. The number of amides is 1. The number of nitrogens with zero attached hydrogens (tertiary/aromatic N) is 1. The molecule has 1 N–H and O–H groups in total. The van der Waals surface area contributed by atoms with Crippen LogP contribution >= 0.6 is 0 Å². The van der Waals surface area contributed by atoms with Gasteiger partial charge in [0.05, 0.1) is 6.10 Å². The highest BCUT2D eigenvalue weighted by atomic mass is 16.8. The molecule has 6 heteroatoms. The van der Waals surface area contributed by atoms with Crippen LogP contribution in [0.3, 0.4) is 0 Å². The number of hydrogen-bond donors (Lipinski definition) is 1. The maximum atomic E-state index is 12.0. The smallest absolute Gasteiger partial charge is 0.254 e. The number of methoxy groups -OCH3 is 1. The van der Waals surface area contributed by atoms with Gasteiger partial charge in [-0.15, -0.1) is 0 Å². The molecule has 0 aliphatic carbocycles. The normalized spacial score (nSPS) is 28.1. The first-order valence-electron chi connectivity index (χ1n) is 6.02. The van der Waals surface area contributed by atoms with E-state index in [2.05, 4.69) is 0 Å². The number of aliphatic hydroxyl groups excluding tert-OH is 1. The Hall–Kier alpha value is -0.690. The first-order valence-corrected chi connectivity index (χ1v) is 6.02. The quantitative estimate of drug-likeness (QED) is 0.754. The summed E-state index contributed by atoms with van der Waals surface area (Å²) in [6.07, 6.45) is -1.83. The summed E-state index contributed by atoms with van der Waals surface area (Å²) in [5, 5.41) is 10.1. The van der Waals surface area contributed by atoms with E-state index >= 15 is 0 Å². The number of likely N-dealkylation sites (N-methyl/N-ethyl adjacent to an activating group) is 1. The third-order valence-electron chi connectivity index (χ3n) is 2.81. The van der Waals surface area contributed by atoms with Crippen molar-refractivity contribution in [2.75, 3.05) is 27.8 Å². The maximum Gasteiger partial charge on any atom is 0.254 e. The molecule has 6 nitrogen and oxygen atoms in total. The lowest BCUT2D eigenvalue weighted by Crippen LogP contribution is -2.45. The third kappa shape index (κ3) is 3.65. The zero-order chi connectivity index (χ0) is 13.9. The van der Waals surface area contributed by atoms with Crippen LogP contribution in [0.25, 0.3) is 0 Å². The predicted octanol–water partition coefficient (Wildman–Crippen LogP) is -0.00790. The lowest BCUT2D eigenvalue weighted by atomic mass is 10.0. The van der Waals surface area contributed by atoms with Crippen LogP contribution in [0.2, 0.25) is 0 Å². The summed E-state index contributed by atoms with van der Waals surface area (Å²) in [5.41, 5.74) is 0. The monoisotopic (exact) mass is 261 g/mol. The van der Waals surface area contributed by atoms with Crippen molar-refractivity contribution in [2.45, 2.75) is 44.4 Å².